The van der Waals surface area contributed by atoms with Gasteiger partial charge in [-0.1, -0.05) is 33.3 Å². The highest BCUT2D eigenvalue weighted by Crippen LogP contribution is 2.68. The average Bonchev–Trinajstić information content (AvgIpc) is 3.10. The zero-order valence-corrected chi connectivity index (χ0v) is 21.6. The molecule has 0 spiro atoms. The number of carbonyl (C=O) groups is 4. The second-order valence-corrected chi connectivity index (χ2v) is 11.6. The highest BCUT2D eigenvalue weighted by molar-refractivity contribution is 5.93. The number of Topliss-reactive ketones (excluding diaryl/α,β-unsaturated/α-hetero) is 1. The van der Waals surface area contributed by atoms with E-state index in [1.54, 1.807) is 13.0 Å². The predicted molar refractivity (Wildman–Crippen MR) is 128 cm³/mol. The lowest BCUT2D eigenvalue weighted by molar-refractivity contribution is -0.202. The number of ketones is 2. The van der Waals surface area contributed by atoms with Crippen LogP contribution in [0.1, 0.15) is 91.9 Å². The van der Waals surface area contributed by atoms with Crippen molar-refractivity contribution >= 4 is 23.5 Å². The molecule has 0 aromatic rings. The molecule has 3 fully saturated rings. The van der Waals surface area contributed by atoms with Crippen LogP contribution in [0.25, 0.3) is 0 Å². The van der Waals surface area contributed by atoms with Gasteiger partial charge >= 0.3 is 11.9 Å². The van der Waals surface area contributed by atoms with Gasteiger partial charge in [-0.2, -0.15) is 0 Å². The number of hydrogen-bond acceptors (Lipinski definition) is 7. The molecule has 0 aromatic carbocycles. The molecule has 0 saturated heterocycles. The van der Waals surface area contributed by atoms with Gasteiger partial charge in [-0.3, -0.25) is 19.2 Å². The monoisotopic (exact) mass is 488 g/mol. The van der Waals surface area contributed by atoms with E-state index < -0.39 is 35.7 Å². The van der Waals surface area contributed by atoms with Crippen LogP contribution in [-0.4, -0.2) is 46.9 Å². The Morgan fingerprint density at radius 2 is 1.83 bits per heavy atom. The van der Waals surface area contributed by atoms with E-state index in [0.29, 0.717) is 32.1 Å². The van der Waals surface area contributed by atoms with Gasteiger partial charge in [0.15, 0.2) is 18.0 Å². The number of allylic oxidation sites excluding steroid dienone is 1. The Hall–Kier alpha value is -2.02. The predicted octanol–water partition coefficient (Wildman–Crippen LogP) is 4.09. The van der Waals surface area contributed by atoms with Crippen molar-refractivity contribution in [1.29, 1.82) is 0 Å². The van der Waals surface area contributed by atoms with Gasteiger partial charge in [0.25, 0.3) is 0 Å². The van der Waals surface area contributed by atoms with Crippen LogP contribution in [0.3, 0.4) is 0 Å². The fraction of sp³-hybridized carbons (Fsp3) is 0.786. The van der Waals surface area contributed by atoms with Crippen molar-refractivity contribution in [3.63, 3.8) is 0 Å². The number of fused-ring (bicyclic) bond motifs is 5. The molecule has 0 aromatic heterocycles. The summed E-state index contributed by atoms with van der Waals surface area (Å²) in [5, 5.41) is 11.6. The summed E-state index contributed by atoms with van der Waals surface area (Å²) in [6, 6.07) is 0. The van der Waals surface area contributed by atoms with Gasteiger partial charge in [0.2, 0.25) is 5.78 Å². The van der Waals surface area contributed by atoms with E-state index in [-0.39, 0.29) is 47.6 Å². The fourth-order valence-electron chi connectivity index (χ4n) is 8.16. The molecule has 4 aliphatic rings. The van der Waals surface area contributed by atoms with Crippen molar-refractivity contribution in [2.75, 3.05) is 6.61 Å². The molecule has 0 radical (unpaired) electrons. The van der Waals surface area contributed by atoms with Crippen molar-refractivity contribution in [3.8, 4) is 0 Å². The SMILES string of the molecule is CCCC(=O)OCC(=O)C1(OC(=O)CC)CCC2C3CCC4=CC(=O)CCC4(C)C3C(O)CC21C. The lowest BCUT2D eigenvalue weighted by Crippen LogP contribution is -2.63. The average molecular weight is 489 g/mol. The van der Waals surface area contributed by atoms with E-state index in [4.69, 9.17) is 9.47 Å². The normalized spacial score (nSPS) is 40.1. The first-order chi connectivity index (χ1) is 16.5. The van der Waals surface area contributed by atoms with Gasteiger partial charge in [-0.25, -0.2) is 0 Å². The number of ether oxygens (including phenoxy) is 2. The minimum Gasteiger partial charge on any atom is -0.457 e. The van der Waals surface area contributed by atoms with Gasteiger partial charge in [0.05, 0.1) is 6.10 Å². The van der Waals surface area contributed by atoms with Crippen molar-refractivity contribution in [3.05, 3.63) is 11.6 Å². The first-order valence-corrected chi connectivity index (χ1v) is 13.3. The summed E-state index contributed by atoms with van der Waals surface area (Å²) >= 11 is 0. The van der Waals surface area contributed by atoms with Gasteiger partial charge in [0, 0.05) is 24.7 Å². The Morgan fingerprint density at radius 1 is 1.09 bits per heavy atom. The Morgan fingerprint density at radius 3 is 2.51 bits per heavy atom. The van der Waals surface area contributed by atoms with Gasteiger partial charge < -0.3 is 14.6 Å². The Kier molecular flexibility index (Phi) is 7.04. The summed E-state index contributed by atoms with van der Waals surface area (Å²) in [7, 11) is 0. The van der Waals surface area contributed by atoms with E-state index in [1.165, 1.54) is 0 Å². The summed E-state index contributed by atoms with van der Waals surface area (Å²) in [6.07, 6.45) is 6.42. The minimum absolute atomic E-state index is 0.00355. The third-order valence-corrected chi connectivity index (χ3v) is 9.86. The molecule has 4 aliphatic carbocycles. The molecule has 194 valence electrons. The van der Waals surface area contributed by atoms with E-state index in [1.807, 2.05) is 13.8 Å². The maximum atomic E-state index is 13.7. The Balaban J connectivity index is 1.68. The van der Waals surface area contributed by atoms with Crippen LogP contribution < -0.4 is 0 Å². The van der Waals surface area contributed by atoms with Gasteiger partial charge in [-0.15, -0.1) is 0 Å². The Labute approximate surface area is 208 Å². The molecule has 7 nitrogen and oxygen atoms in total. The van der Waals surface area contributed by atoms with Crippen LogP contribution in [0.5, 0.6) is 0 Å². The van der Waals surface area contributed by atoms with Crippen molar-refractivity contribution in [2.24, 2.45) is 28.6 Å². The number of aliphatic hydroxyl groups is 1. The molecule has 0 heterocycles. The van der Waals surface area contributed by atoms with Crippen LogP contribution in [-0.2, 0) is 28.7 Å². The molecule has 0 aliphatic heterocycles. The lowest BCUT2D eigenvalue weighted by Gasteiger charge is -2.60. The second-order valence-electron chi connectivity index (χ2n) is 11.6. The topological polar surface area (TPSA) is 107 Å². The largest absolute Gasteiger partial charge is 0.457 e. The molecule has 7 atom stereocenters. The van der Waals surface area contributed by atoms with Gasteiger partial charge in [-0.05, 0) is 74.2 Å². The van der Waals surface area contributed by atoms with E-state index >= 15 is 0 Å². The van der Waals surface area contributed by atoms with E-state index in [2.05, 4.69) is 6.92 Å². The van der Waals surface area contributed by atoms with Crippen molar-refractivity contribution < 1.29 is 33.8 Å². The number of carbonyl (C=O) groups excluding carboxylic acids is 4. The fourth-order valence-corrected chi connectivity index (χ4v) is 8.16. The second kappa shape index (κ2) is 9.45. The lowest BCUT2D eigenvalue weighted by atomic mass is 9.45. The molecule has 1 N–H and O–H groups in total. The highest BCUT2D eigenvalue weighted by atomic mass is 16.6. The molecule has 7 unspecified atom stereocenters. The van der Waals surface area contributed by atoms with E-state index in [0.717, 1.165) is 24.8 Å². The minimum atomic E-state index is -1.41. The van der Waals surface area contributed by atoms with Crippen LogP contribution in [0.15, 0.2) is 11.6 Å². The summed E-state index contributed by atoms with van der Waals surface area (Å²) in [6.45, 7) is 7.31. The maximum absolute atomic E-state index is 13.7. The molecular weight excluding hydrogens is 448 g/mol. The quantitative estimate of drug-likeness (QED) is 0.538. The molecule has 0 bridgehead atoms. The van der Waals surface area contributed by atoms with Crippen LogP contribution in [0.4, 0.5) is 0 Å². The molecule has 4 rings (SSSR count). The summed E-state index contributed by atoms with van der Waals surface area (Å²) in [5.74, 6) is -0.852. The highest BCUT2D eigenvalue weighted by Gasteiger charge is 2.70. The Bertz CT molecular complexity index is 938. The zero-order valence-electron chi connectivity index (χ0n) is 21.6. The van der Waals surface area contributed by atoms with Crippen LogP contribution >= 0.6 is 0 Å². The standard InChI is InChI=1S/C28H40O7/c1-5-7-24(33)34-16-22(31)28(35-23(32)6-2)13-11-20-19-9-8-17-14-18(29)10-12-26(17,3)25(19)21(30)15-27(20,28)4/h14,19-21,25,30H,5-13,15-16H2,1-4H3. The van der Waals surface area contributed by atoms with E-state index in [9.17, 15) is 24.3 Å². The van der Waals surface area contributed by atoms with Crippen molar-refractivity contribution in [1.82, 2.24) is 0 Å². The third kappa shape index (κ3) is 4.08. The molecule has 3 saturated carbocycles. The maximum Gasteiger partial charge on any atom is 0.306 e. The first kappa shape index (κ1) is 26.1. The molecule has 35 heavy (non-hydrogen) atoms. The van der Waals surface area contributed by atoms with Crippen molar-refractivity contribution in [2.45, 2.75) is 104 Å². The smallest absolute Gasteiger partial charge is 0.306 e. The molecule has 7 heteroatoms. The number of hydrogen-bond donors (Lipinski definition) is 1. The number of aliphatic hydroxyl groups excluding tert-OH is 1. The zero-order chi connectivity index (χ0) is 25.6. The molecule has 0 amide bonds. The summed E-state index contributed by atoms with van der Waals surface area (Å²) in [4.78, 5) is 50.4. The third-order valence-electron chi connectivity index (χ3n) is 9.86. The van der Waals surface area contributed by atoms with Gasteiger partial charge in [0.1, 0.15) is 0 Å². The van der Waals surface area contributed by atoms with Crippen LogP contribution in [0.2, 0.25) is 0 Å². The summed E-state index contributed by atoms with van der Waals surface area (Å²) < 4.78 is 11.3. The first-order valence-electron chi connectivity index (χ1n) is 13.3. The molecular formula is C28H40O7. The number of rotatable bonds is 7. The van der Waals surface area contributed by atoms with Crippen LogP contribution in [0, 0.1) is 28.6 Å². The summed E-state index contributed by atoms with van der Waals surface area (Å²) in [5.41, 5.74) is -1.25. The number of esters is 2.